The number of hydrogen-bond donors (Lipinski definition) is 1. The van der Waals surface area contributed by atoms with Crippen molar-refractivity contribution >= 4 is 5.97 Å². The quantitative estimate of drug-likeness (QED) is 0.633. The lowest BCUT2D eigenvalue weighted by molar-refractivity contribution is -0.162. The Bertz CT molecular complexity index is 806. The lowest BCUT2D eigenvalue weighted by Gasteiger charge is -2.29. The molecule has 1 aliphatic rings. The van der Waals surface area contributed by atoms with Gasteiger partial charge >= 0.3 is 5.97 Å². The summed E-state index contributed by atoms with van der Waals surface area (Å²) in [6.45, 7) is 4.42. The topological polar surface area (TPSA) is 74.2 Å². The SMILES string of the molecule is COc1ccc(CO[C@H]2C[C@@](C)(COCc3ccccc3)[C@H](O)[C@H]2OC(C)=O)cc1. The van der Waals surface area contributed by atoms with Crippen molar-refractivity contribution in [2.75, 3.05) is 13.7 Å². The van der Waals surface area contributed by atoms with Gasteiger partial charge in [0.2, 0.25) is 0 Å². The Hall–Kier alpha value is -2.41. The molecule has 1 saturated carbocycles. The molecular weight excluding hydrogens is 384 g/mol. The molecule has 162 valence electrons. The van der Waals surface area contributed by atoms with Gasteiger partial charge in [-0.1, -0.05) is 49.4 Å². The van der Waals surface area contributed by atoms with Gasteiger partial charge < -0.3 is 24.1 Å². The fourth-order valence-electron chi connectivity index (χ4n) is 3.83. The molecule has 1 aliphatic carbocycles. The van der Waals surface area contributed by atoms with Gasteiger partial charge in [0.15, 0.2) is 6.10 Å². The van der Waals surface area contributed by atoms with Gasteiger partial charge in [-0.25, -0.2) is 0 Å². The Morgan fingerprint density at radius 2 is 1.73 bits per heavy atom. The zero-order valence-electron chi connectivity index (χ0n) is 17.7. The zero-order chi connectivity index (χ0) is 21.6. The van der Waals surface area contributed by atoms with Crippen molar-refractivity contribution in [3.8, 4) is 5.75 Å². The zero-order valence-corrected chi connectivity index (χ0v) is 17.7. The van der Waals surface area contributed by atoms with Gasteiger partial charge in [-0.15, -0.1) is 0 Å². The van der Waals surface area contributed by atoms with Gasteiger partial charge in [-0.2, -0.15) is 0 Å². The van der Waals surface area contributed by atoms with E-state index in [0.29, 0.717) is 26.2 Å². The third-order valence-corrected chi connectivity index (χ3v) is 5.53. The van der Waals surface area contributed by atoms with E-state index in [1.54, 1.807) is 7.11 Å². The highest BCUT2D eigenvalue weighted by atomic mass is 16.6. The maximum Gasteiger partial charge on any atom is 0.303 e. The Morgan fingerprint density at radius 3 is 2.37 bits per heavy atom. The van der Waals surface area contributed by atoms with Crippen LogP contribution in [0.1, 0.15) is 31.4 Å². The number of esters is 1. The molecule has 0 saturated heterocycles. The molecule has 0 bridgehead atoms. The number of carbonyl (C=O) groups excluding carboxylic acids is 1. The highest BCUT2D eigenvalue weighted by molar-refractivity contribution is 5.66. The van der Waals surface area contributed by atoms with Crippen LogP contribution in [0, 0.1) is 5.41 Å². The number of hydrogen-bond acceptors (Lipinski definition) is 6. The average Bonchev–Trinajstić information content (AvgIpc) is 2.97. The summed E-state index contributed by atoms with van der Waals surface area (Å²) >= 11 is 0. The summed E-state index contributed by atoms with van der Waals surface area (Å²) in [5.74, 6) is 0.336. The van der Waals surface area contributed by atoms with E-state index in [4.69, 9.17) is 18.9 Å². The smallest absolute Gasteiger partial charge is 0.303 e. The van der Waals surface area contributed by atoms with Crippen LogP contribution in [0.25, 0.3) is 0 Å². The van der Waals surface area contributed by atoms with Crippen molar-refractivity contribution in [3.63, 3.8) is 0 Å². The van der Waals surface area contributed by atoms with Gasteiger partial charge in [0.1, 0.15) is 11.9 Å². The molecule has 0 amide bonds. The lowest BCUT2D eigenvalue weighted by atomic mass is 9.87. The minimum Gasteiger partial charge on any atom is -0.497 e. The molecule has 0 spiro atoms. The first-order valence-corrected chi connectivity index (χ1v) is 10.1. The van der Waals surface area contributed by atoms with Gasteiger partial charge in [0.25, 0.3) is 0 Å². The monoisotopic (exact) mass is 414 g/mol. The number of aliphatic hydroxyl groups is 1. The summed E-state index contributed by atoms with van der Waals surface area (Å²) in [7, 11) is 1.62. The van der Waals surface area contributed by atoms with E-state index in [9.17, 15) is 9.90 Å². The summed E-state index contributed by atoms with van der Waals surface area (Å²) in [6, 6.07) is 17.5. The molecule has 0 heterocycles. The van der Waals surface area contributed by atoms with Crippen LogP contribution in [-0.4, -0.2) is 43.1 Å². The summed E-state index contributed by atoms with van der Waals surface area (Å²) in [6.07, 6.45) is -1.50. The number of carbonyl (C=O) groups is 1. The van der Waals surface area contributed by atoms with Crippen molar-refractivity contribution in [2.45, 2.75) is 51.8 Å². The van der Waals surface area contributed by atoms with Crippen LogP contribution in [0.4, 0.5) is 0 Å². The third kappa shape index (κ3) is 5.59. The summed E-state index contributed by atoms with van der Waals surface area (Å²) in [4.78, 5) is 11.6. The van der Waals surface area contributed by atoms with Gasteiger partial charge in [0.05, 0.1) is 33.0 Å². The Kier molecular flexibility index (Phi) is 7.48. The van der Waals surface area contributed by atoms with Crippen molar-refractivity contribution in [1.29, 1.82) is 0 Å². The summed E-state index contributed by atoms with van der Waals surface area (Å²) < 4.78 is 22.6. The predicted octanol–water partition coefficient (Wildman–Crippen LogP) is 3.50. The van der Waals surface area contributed by atoms with Crippen LogP contribution < -0.4 is 4.74 Å². The molecule has 2 aromatic rings. The van der Waals surface area contributed by atoms with Crippen molar-refractivity contribution < 1.29 is 28.8 Å². The average molecular weight is 414 g/mol. The number of methoxy groups -OCH3 is 1. The first kappa shape index (κ1) is 22.3. The Morgan fingerprint density at radius 1 is 1.07 bits per heavy atom. The van der Waals surface area contributed by atoms with E-state index in [1.165, 1.54) is 6.92 Å². The van der Waals surface area contributed by atoms with E-state index < -0.39 is 29.7 Å². The van der Waals surface area contributed by atoms with Crippen LogP contribution in [0.5, 0.6) is 5.75 Å². The first-order valence-electron chi connectivity index (χ1n) is 10.1. The standard InChI is InChI=1S/C24H30O6/c1-17(25)30-22-21(29-15-19-9-11-20(27-3)12-10-19)13-24(2,23(22)26)16-28-14-18-7-5-4-6-8-18/h4-12,21-23,26H,13-16H2,1-3H3/t21-,22-,23+,24-/m0/s1. The highest BCUT2D eigenvalue weighted by Gasteiger charge is 2.53. The molecule has 2 aromatic carbocycles. The van der Waals surface area contributed by atoms with E-state index in [1.807, 2.05) is 61.5 Å². The lowest BCUT2D eigenvalue weighted by Crippen LogP contribution is -2.40. The van der Waals surface area contributed by atoms with E-state index >= 15 is 0 Å². The van der Waals surface area contributed by atoms with Crippen molar-refractivity contribution in [2.24, 2.45) is 5.41 Å². The number of rotatable bonds is 9. The maximum atomic E-state index is 11.6. The fraction of sp³-hybridized carbons (Fsp3) is 0.458. The van der Waals surface area contributed by atoms with Crippen molar-refractivity contribution in [1.82, 2.24) is 0 Å². The van der Waals surface area contributed by atoms with Gasteiger partial charge in [-0.3, -0.25) is 4.79 Å². The van der Waals surface area contributed by atoms with Gasteiger partial charge in [-0.05, 0) is 29.7 Å². The first-order chi connectivity index (χ1) is 14.4. The van der Waals surface area contributed by atoms with Crippen LogP contribution >= 0.6 is 0 Å². The number of aliphatic hydroxyl groups excluding tert-OH is 1. The van der Waals surface area contributed by atoms with E-state index in [0.717, 1.165) is 16.9 Å². The Balaban J connectivity index is 1.62. The van der Waals surface area contributed by atoms with E-state index in [2.05, 4.69) is 0 Å². The normalized spacial score (nSPS) is 25.8. The maximum absolute atomic E-state index is 11.6. The molecule has 0 aromatic heterocycles. The molecule has 0 radical (unpaired) electrons. The molecule has 0 unspecified atom stereocenters. The summed E-state index contributed by atoms with van der Waals surface area (Å²) in [5.41, 5.74) is 1.46. The molecule has 0 aliphatic heterocycles. The summed E-state index contributed by atoms with van der Waals surface area (Å²) in [5, 5.41) is 10.9. The molecule has 1 N–H and O–H groups in total. The second-order valence-electron chi connectivity index (χ2n) is 8.05. The molecule has 6 heteroatoms. The third-order valence-electron chi connectivity index (χ3n) is 5.53. The molecular formula is C24H30O6. The second kappa shape index (κ2) is 10.1. The Labute approximate surface area is 177 Å². The van der Waals surface area contributed by atoms with Crippen LogP contribution in [-0.2, 0) is 32.2 Å². The minimum atomic E-state index is -0.877. The molecule has 6 nitrogen and oxygen atoms in total. The molecule has 3 rings (SSSR count). The highest BCUT2D eigenvalue weighted by Crippen LogP contribution is 2.42. The predicted molar refractivity (Wildman–Crippen MR) is 112 cm³/mol. The van der Waals surface area contributed by atoms with Gasteiger partial charge in [0, 0.05) is 12.3 Å². The number of benzene rings is 2. The van der Waals surface area contributed by atoms with Crippen molar-refractivity contribution in [3.05, 3.63) is 65.7 Å². The largest absolute Gasteiger partial charge is 0.497 e. The molecule has 1 fully saturated rings. The number of ether oxygens (including phenoxy) is 4. The minimum absolute atomic E-state index is 0.337. The van der Waals surface area contributed by atoms with Crippen LogP contribution in [0.3, 0.4) is 0 Å². The second-order valence-corrected chi connectivity index (χ2v) is 8.05. The van der Waals surface area contributed by atoms with Crippen LogP contribution in [0.2, 0.25) is 0 Å². The van der Waals surface area contributed by atoms with Crippen LogP contribution in [0.15, 0.2) is 54.6 Å². The van der Waals surface area contributed by atoms with E-state index in [-0.39, 0.29) is 0 Å². The molecule has 30 heavy (non-hydrogen) atoms. The fourth-order valence-corrected chi connectivity index (χ4v) is 3.83. The molecule has 4 atom stereocenters.